The lowest BCUT2D eigenvalue weighted by atomic mass is 9.91. The number of hydrogen-bond acceptors (Lipinski definition) is 9. The molecule has 0 amide bonds. The van der Waals surface area contributed by atoms with Gasteiger partial charge < -0.3 is 14.7 Å². The van der Waals surface area contributed by atoms with E-state index in [0.717, 1.165) is 53.7 Å². The topological polar surface area (TPSA) is 85.5 Å². The molecular formula is C20H21N5O2S2. The van der Waals surface area contributed by atoms with Crippen molar-refractivity contribution in [2.24, 2.45) is 0 Å². The largest absolute Gasteiger partial charge is 0.385 e. The van der Waals surface area contributed by atoms with Gasteiger partial charge in [-0.05, 0) is 11.4 Å². The van der Waals surface area contributed by atoms with E-state index >= 15 is 0 Å². The first kappa shape index (κ1) is 18.9. The molecule has 5 rings (SSSR count). The van der Waals surface area contributed by atoms with E-state index in [1.807, 2.05) is 6.07 Å². The van der Waals surface area contributed by atoms with Crippen molar-refractivity contribution in [2.45, 2.75) is 18.6 Å². The van der Waals surface area contributed by atoms with E-state index in [-0.39, 0.29) is 6.42 Å². The minimum atomic E-state index is -0.949. The number of hydrogen-bond donors (Lipinski definition) is 1. The number of fused-ring (bicyclic) bond motifs is 1. The van der Waals surface area contributed by atoms with Crippen LogP contribution in [0.5, 0.6) is 0 Å². The summed E-state index contributed by atoms with van der Waals surface area (Å²) in [6.07, 6.45) is 0.139. The van der Waals surface area contributed by atoms with Gasteiger partial charge in [-0.25, -0.2) is 9.97 Å². The summed E-state index contributed by atoms with van der Waals surface area (Å²) < 4.78 is 5.45. The van der Waals surface area contributed by atoms with Gasteiger partial charge in [0.2, 0.25) is 0 Å². The van der Waals surface area contributed by atoms with E-state index in [9.17, 15) is 5.11 Å². The minimum Gasteiger partial charge on any atom is -0.385 e. The predicted molar refractivity (Wildman–Crippen MR) is 114 cm³/mol. The lowest BCUT2D eigenvalue weighted by molar-refractivity contribution is 0.0162. The Morgan fingerprint density at radius 3 is 2.79 bits per heavy atom. The third-order valence-corrected chi connectivity index (χ3v) is 7.17. The van der Waals surface area contributed by atoms with E-state index < -0.39 is 5.60 Å². The lowest BCUT2D eigenvalue weighted by Crippen LogP contribution is -2.62. The highest BCUT2D eigenvalue weighted by molar-refractivity contribution is 7.18. The van der Waals surface area contributed by atoms with Crippen molar-refractivity contribution in [3.63, 3.8) is 0 Å². The summed E-state index contributed by atoms with van der Waals surface area (Å²) in [5.41, 5.74) is 0.193. The Morgan fingerprint density at radius 2 is 2.07 bits per heavy atom. The Balaban J connectivity index is 1.53. The first-order valence-electron chi connectivity index (χ1n) is 9.62. The molecule has 150 valence electrons. The number of morpholine rings is 1. The molecule has 2 aliphatic heterocycles. The standard InChI is InChI=1S/C20H21N5O2S2/c21-4-3-20(26)12-25(13-20)18-17-14(15-2-1-9-28-15)11-29-19(17)23-16(22-18)10-24-5-7-27-8-6-24/h1-2,9,11,26H,3,5-8,10,12-13H2. The van der Waals surface area contributed by atoms with Gasteiger partial charge in [0.25, 0.3) is 0 Å². The Bertz CT molecular complexity index is 1050. The number of anilines is 1. The first-order valence-corrected chi connectivity index (χ1v) is 11.4. The van der Waals surface area contributed by atoms with Crippen molar-refractivity contribution in [3.05, 3.63) is 28.7 Å². The molecule has 9 heteroatoms. The zero-order valence-electron chi connectivity index (χ0n) is 15.9. The maximum Gasteiger partial charge on any atom is 0.146 e. The van der Waals surface area contributed by atoms with Gasteiger partial charge in [0.1, 0.15) is 22.1 Å². The lowest BCUT2D eigenvalue weighted by Gasteiger charge is -2.46. The molecule has 2 saturated heterocycles. The normalized spacial score (nSPS) is 19.2. The predicted octanol–water partition coefficient (Wildman–Crippen LogP) is 2.72. The number of aromatic nitrogens is 2. The molecule has 2 fully saturated rings. The Hall–Kier alpha value is -2.09. The summed E-state index contributed by atoms with van der Waals surface area (Å²) in [5, 5.41) is 24.8. The fraction of sp³-hybridized carbons (Fsp3) is 0.450. The monoisotopic (exact) mass is 427 g/mol. The van der Waals surface area contributed by atoms with Gasteiger partial charge in [-0.3, -0.25) is 4.90 Å². The van der Waals surface area contributed by atoms with Gasteiger partial charge in [0.15, 0.2) is 0 Å². The number of thiophene rings is 2. The van der Waals surface area contributed by atoms with Crippen LogP contribution < -0.4 is 4.90 Å². The molecule has 29 heavy (non-hydrogen) atoms. The smallest absolute Gasteiger partial charge is 0.146 e. The molecule has 5 heterocycles. The third-order valence-electron chi connectivity index (χ3n) is 5.39. The van der Waals surface area contributed by atoms with Crippen molar-refractivity contribution >= 4 is 38.7 Å². The Kier molecular flexibility index (Phi) is 4.97. The summed E-state index contributed by atoms with van der Waals surface area (Å²) in [4.78, 5) is 16.3. The molecule has 3 aromatic rings. The minimum absolute atomic E-state index is 0.139. The second-order valence-corrected chi connectivity index (χ2v) is 9.38. The van der Waals surface area contributed by atoms with Gasteiger partial charge in [-0.1, -0.05) is 6.07 Å². The van der Waals surface area contributed by atoms with Crippen LogP contribution in [0.2, 0.25) is 0 Å². The highest BCUT2D eigenvalue weighted by Gasteiger charge is 2.43. The van der Waals surface area contributed by atoms with Crippen LogP contribution in [0.15, 0.2) is 22.9 Å². The molecule has 1 N–H and O–H groups in total. The second kappa shape index (κ2) is 7.63. The number of nitriles is 1. The highest BCUT2D eigenvalue weighted by atomic mass is 32.1. The second-order valence-electron chi connectivity index (χ2n) is 7.57. The molecule has 3 aromatic heterocycles. The van der Waals surface area contributed by atoms with Crippen molar-refractivity contribution in [2.75, 3.05) is 44.3 Å². The van der Waals surface area contributed by atoms with Crippen LogP contribution in [-0.2, 0) is 11.3 Å². The van der Waals surface area contributed by atoms with Gasteiger partial charge in [-0.2, -0.15) is 5.26 Å². The summed E-state index contributed by atoms with van der Waals surface area (Å²) in [6, 6.07) is 6.25. The average molecular weight is 428 g/mol. The van der Waals surface area contributed by atoms with Crippen LogP contribution >= 0.6 is 22.7 Å². The Labute approximate surface area is 176 Å². The summed E-state index contributed by atoms with van der Waals surface area (Å²) in [5.74, 6) is 1.66. The molecule has 0 unspecified atom stereocenters. The first-order chi connectivity index (χ1) is 14.1. The summed E-state index contributed by atoms with van der Waals surface area (Å²) in [6.45, 7) is 4.77. The molecule has 0 aromatic carbocycles. The van der Waals surface area contributed by atoms with Gasteiger partial charge in [0, 0.05) is 28.9 Å². The van der Waals surface area contributed by atoms with E-state index in [1.165, 1.54) is 4.88 Å². The molecule has 0 atom stereocenters. The number of aliphatic hydroxyl groups is 1. The fourth-order valence-electron chi connectivity index (χ4n) is 3.91. The summed E-state index contributed by atoms with van der Waals surface area (Å²) in [7, 11) is 0. The highest BCUT2D eigenvalue weighted by Crippen LogP contribution is 2.42. The number of nitrogens with zero attached hydrogens (tertiary/aromatic N) is 5. The number of β-amino-alcohol motifs (C(OH)–C–C–N with tert-alkyl or cyclic N) is 1. The Morgan fingerprint density at radius 1 is 1.24 bits per heavy atom. The van der Waals surface area contributed by atoms with Crippen LogP contribution in [0.1, 0.15) is 12.2 Å². The zero-order chi connectivity index (χ0) is 19.8. The fourth-order valence-corrected chi connectivity index (χ4v) is 5.69. The van der Waals surface area contributed by atoms with E-state index in [1.54, 1.807) is 22.7 Å². The molecule has 0 saturated carbocycles. The van der Waals surface area contributed by atoms with Crippen LogP contribution in [0.4, 0.5) is 5.82 Å². The SMILES string of the molecule is N#CCC1(O)CN(c2nc(CN3CCOCC3)nc3scc(-c4cccs4)c23)C1. The van der Waals surface area contributed by atoms with Gasteiger partial charge in [-0.15, -0.1) is 22.7 Å². The average Bonchev–Trinajstić information content (AvgIpc) is 3.36. The van der Waals surface area contributed by atoms with Crippen LogP contribution in [0, 0.1) is 11.3 Å². The van der Waals surface area contributed by atoms with Gasteiger partial charge >= 0.3 is 0 Å². The molecule has 2 aliphatic rings. The molecule has 0 bridgehead atoms. The maximum atomic E-state index is 10.5. The van der Waals surface area contributed by atoms with Crippen LogP contribution in [0.3, 0.4) is 0 Å². The van der Waals surface area contributed by atoms with Crippen LogP contribution in [0.25, 0.3) is 20.7 Å². The van der Waals surface area contributed by atoms with Crippen molar-refractivity contribution in [1.29, 1.82) is 5.26 Å². The molecular weight excluding hydrogens is 406 g/mol. The molecule has 0 spiro atoms. The summed E-state index contributed by atoms with van der Waals surface area (Å²) >= 11 is 3.34. The van der Waals surface area contributed by atoms with Crippen molar-refractivity contribution < 1.29 is 9.84 Å². The maximum absolute atomic E-state index is 10.5. The number of rotatable bonds is 5. The molecule has 7 nitrogen and oxygen atoms in total. The van der Waals surface area contributed by atoms with E-state index in [4.69, 9.17) is 20.0 Å². The van der Waals surface area contributed by atoms with Crippen molar-refractivity contribution in [1.82, 2.24) is 14.9 Å². The quantitative estimate of drug-likeness (QED) is 0.670. The third kappa shape index (κ3) is 3.63. The van der Waals surface area contributed by atoms with E-state index in [0.29, 0.717) is 19.6 Å². The molecule has 0 aliphatic carbocycles. The zero-order valence-corrected chi connectivity index (χ0v) is 17.5. The van der Waals surface area contributed by atoms with E-state index in [2.05, 4.69) is 32.7 Å². The van der Waals surface area contributed by atoms with Crippen molar-refractivity contribution in [3.8, 4) is 16.5 Å². The van der Waals surface area contributed by atoms with Crippen LogP contribution in [-0.4, -0.2) is 65.0 Å². The molecule has 0 radical (unpaired) electrons. The van der Waals surface area contributed by atoms with Gasteiger partial charge in [0.05, 0.1) is 50.7 Å². The number of ether oxygens (including phenoxy) is 1.